The molecule has 0 aliphatic heterocycles. The van der Waals surface area contributed by atoms with Gasteiger partial charge in [-0.2, -0.15) is 0 Å². The van der Waals surface area contributed by atoms with Gasteiger partial charge in [-0.05, 0) is 31.0 Å². The maximum atomic E-state index is 12.9. The summed E-state index contributed by atoms with van der Waals surface area (Å²) in [6.45, 7) is 3.27. The van der Waals surface area contributed by atoms with Gasteiger partial charge >= 0.3 is 0 Å². The van der Waals surface area contributed by atoms with E-state index in [0.29, 0.717) is 19.2 Å². The summed E-state index contributed by atoms with van der Waals surface area (Å²) in [6.07, 6.45) is 0.901. The molecule has 0 bridgehead atoms. The van der Waals surface area contributed by atoms with Crippen molar-refractivity contribution in [2.75, 3.05) is 13.7 Å². The number of benzene rings is 1. The Hall–Kier alpha value is -1.13. The largest absolute Gasteiger partial charge is 0.508 e. The van der Waals surface area contributed by atoms with E-state index in [-0.39, 0.29) is 5.75 Å². The normalized spacial score (nSPS) is 12.7. The number of aromatic hydroxyl groups is 1. The maximum absolute atomic E-state index is 12.9. The zero-order chi connectivity index (χ0) is 12.0. The zero-order valence-corrected chi connectivity index (χ0v) is 9.66. The Morgan fingerprint density at radius 1 is 1.44 bits per heavy atom. The van der Waals surface area contributed by atoms with E-state index in [4.69, 9.17) is 4.74 Å². The quantitative estimate of drug-likeness (QED) is 0.781. The van der Waals surface area contributed by atoms with Gasteiger partial charge in [0.1, 0.15) is 11.6 Å². The van der Waals surface area contributed by atoms with Gasteiger partial charge in [-0.15, -0.1) is 0 Å². The Morgan fingerprint density at radius 3 is 2.81 bits per heavy atom. The number of rotatable bonds is 6. The molecule has 16 heavy (non-hydrogen) atoms. The monoisotopic (exact) mass is 227 g/mol. The van der Waals surface area contributed by atoms with E-state index < -0.39 is 5.82 Å². The molecule has 0 spiro atoms. The molecule has 0 aliphatic carbocycles. The molecule has 1 unspecified atom stereocenters. The lowest BCUT2D eigenvalue weighted by Gasteiger charge is -2.13. The fourth-order valence-corrected chi connectivity index (χ4v) is 1.42. The summed E-state index contributed by atoms with van der Waals surface area (Å²) in [7, 11) is 1.66. The molecule has 4 heteroatoms. The summed E-state index contributed by atoms with van der Waals surface area (Å²) in [5.74, 6) is -0.456. The van der Waals surface area contributed by atoms with Crippen LogP contribution in [0, 0.1) is 5.82 Å². The molecule has 0 fully saturated rings. The van der Waals surface area contributed by atoms with Gasteiger partial charge < -0.3 is 15.2 Å². The number of halogens is 1. The number of nitrogens with one attached hydrogen (secondary N) is 1. The third-order valence-electron chi connectivity index (χ3n) is 2.35. The van der Waals surface area contributed by atoms with Crippen LogP contribution in [0.1, 0.15) is 18.9 Å². The van der Waals surface area contributed by atoms with Gasteiger partial charge in [0.05, 0.1) is 0 Å². The van der Waals surface area contributed by atoms with Gasteiger partial charge in [-0.1, -0.05) is 0 Å². The van der Waals surface area contributed by atoms with Crippen LogP contribution in [0.4, 0.5) is 4.39 Å². The molecule has 1 atom stereocenters. The number of methoxy groups -OCH3 is 1. The Balaban J connectivity index is 2.41. The van der Waals surface area contributed by atoms with Gasteiger partial charge in [0.2, 0.25) is 0 Å². The van der Waals surface area contributed by atoms with Crippen LogP contribution in [0.3, 0.4) is 0 Å². The predicted molar refractivity (Wildman–Crippen MR) is 60.9 cm³/mol. The zero-order valence-electron chi connectivity index (χ0n) is 9.66. The molecule has 0 heterocycles. The summed E-state index contributed by atoms with van der Waals surface area (Å²) in [6, 6.07) is 4.36. The Morgan fingerprint density at radius 2 is 2.19 bits per heavy atom. The molecule has 0 saturated carbocycles. The first-order valence-corrected chi connectivity index (χ1v) is 5.32. The maximum Gasteiger partial charge on any atom is 0.127 e. The van der Waals surface area contributed by atoms with Crippen molar-refractivity contribution in [3.63, 3.8) is 0 Å². The second kappa shape index (κ2) is 6.45. The van der Waals surface area contributed by atoms with Crippen molar-refractivity contribution in [3.05, 3.63) is 29.6 Å². The lowest BCUT2D eigenvalue weighted by atomic mass is 10.2. The first kappa shape index (κ1) is 12.9. The van der Waals surface area contributed by atoms with E-state index in [1.807, 2.05) is 6.92 Å². The van der Waals surface area contributed by atoms with E-state index in [9.17, 15) is 9.50 Å². The first-order chi connectivity index (χ1) is 7.61. The molecule has 1 rings (SSSR count). The van der Waals surface area contributed by atoms with Crippen LogP contribution in [0.25, 0.3) is 0 Å². The van der Waals surface area contributed by atoms with Crippen LogP contribution in [-0.4, -0.2) is 24.9 Å². The number of hydrogen-bond acceptors (Lipinski definition) is 3. The molecule has 0 amide bonds. The molecule has 0 aromatic heterocycles. The molecule has 0 radical (unpaired) electrons. The number of phenolic OH excluding ortho intramolecular Hbond substituents is 1. The number of phenols is 1. The molecule has 90 valence electrons. The molecule has 0 saturated heterocycles. The van der Waals surface area contributed by atoms with Gasteiger partial charge in [0.15, 0.2) is 0 Å². The van der Waals surface area contributed by atoms with Crippen molar-refractivity contribution in [2.45, 2.75) is 25.9 Å². The van der Waals surface area contributed by atoms with Crippen LogP contribution < -0.4 is 5.32 Å². The van der Waals surface area contributed by atoms with Crippen LogP contribution in [0.15, 0.2) is 18.2 Å². The van der Waals surface area contributed by atoms with Crippen LogP contribution in [0.2, 0.25) is 0 Å². The van der Waals surface area contributed by atoms with Crippen molar-refractivity contribution in [1.82, 2.24) is 5.32 Å². The summed E-state index contributed by atoms with van der Waals surface area (Å²) < 4.78 is 17.9. The fraction of sp³-hybridized carbons (Fsp3) is 0.500. The van der Waals surface area contributed by atoms with Crippen LogP contribution >= 0.6 is 0 Å². The highest BCUT2D eigenvalue weighted by Gasteiger charge is 2.03. The van der Waals surface area contributed by atoms with Gasteiger partial charge in [-0.25, -0.2) is 4.39 Å². The molecule has 0 aliphatic rings. The van der Waals surface area contributed by atoms with E-state index in [2.05, 4.69) is 5.32 Å². The van der Waals surface area contributed by atoms with Crippen molar-refractivity contribution in [1.29, 1.82) is 0 Å². The highest BCUT2D eigenvalue weighted by molar-refractivity contribution is 5.28. The molecular weight excluding hydrogens is 209 g/mol. The minimum Gasteiger partial charge on any atom is -0.508 e. The Bertz CT molecular complexity index is 311. The summed E-state index contributed by atoms with van der Waals surface area (Å²) in [5, 5.41) is 12.4. The van der Waals surface area contributed by atoms with Crippen LogP contribution in [0.5, 0.6) is 5.75 Å². The van der Waals surface area contributed by atoms with E-state index >= 15 is 0 Å². The second-order valence-electron chi connectivity index (χ2n) is 3.88. The fourth-order valence-electron chi connectivity index (χ4n) is 1.42. The summed E-state index contributed by atoms with van der Waals surface area (Å²) in [5.41, 5.74) is 0.738. The van der Waals surface area contributed by atoms with E-state index in [1.54, 1.807) is 13.2 Å². The van der Waals surface area contributed by atoms with E-state index in [1.165, 1.54) is 6.07 Å². The Kier molecular flexibility index (Phi) is 5.22. The van der Waals surface area contributed by atoms with E-state index in [0.717, 1.165) is 18.1 Å². The minimum atomic E-state index is -0.415. The molecule has 2 N–H and O–H groups in total. The smallest absolute Gasteiger partial charge is 0.127 e. The number of hydrogen-bond donors (Lipinski definition) is 2. The summed E-state index contributed by atoms with van der Waals surface area (Å²) in [4.78, 5) is 0. The highest BCUT2D eigenvalue weighted by Crippen LogP contribution is 2.14. The average Bonchev–Trinajstić information content (AvgIpc) is 2.22. The van der Waals surface area contributed by atoms with Crippen molar-refractivity contribution in [3.8, 4) is 5.75 Å². The van der Waals surface area contributed by atoms with Crippen molar-refractivity contribution >= 4 is 0 Å². The third-order valence-corrected chi connectivity index (χ3v) is 2.35. The molecule has 1 aromatic rings. The van der Waals surface area contributed by atoms with Gasteiger partial charge in [0, 0.05) is 32.4 Å². The lowest BCUT2D eigenvalue weighted by molar-refractivity contribution is 0.184. The van der Waals surface area contributed by atoms with Crippen LogP contribution in [-0.2, 0) is 11.3 Å². The molecule has 1 aromatic carbocycles. The highest BCUT2D eigenvalue weighted by atomic mass is 19.1. The summed E-state index contributed by atoms with van der Waals surface area (Å²) >= 11 is 0. The molecular formula is C12H18FNO2. The second-order valence-corrected chi connectivity index (χ2v) is 3.88. The third kappa shape index (κ3) is 4.59. The number of ether oxygens (including phenoxy) is 1. The SMILES string of the molecule is COCCC(C)NCc1cc(O)cc(F)c1. The average molecular weight is 227 g/mol. The first-order valence-electron chi connectivity index (χ1n) is 5.32. The predicted octanol–water partition coefficient (Wildman–Crippen LogP) is 2.05. The standard InChI is InChI=1S/C12H18FNO2/c1-9(3-4-16-2)14-8-10-5-11(13)7-12(15)6-10/h5-7,9,14-15H,3-4,8H2,1-2H3. The van der Waals surface area contributed by atoms with Crippen molar-refractivity contribution in [2.24, 2.45) is 0 Å². The van der Waals surface area contributed by atoms with Gasteiger partial charge in [0.25, 0.3) is 0 Å². The van der Waals surface area contributed by atoms with Crippen molar-refractivity contribution < 1.29 is 14.2 Å². The molecule has 3 nitrogen and oxygen atoms in total. The topological polar surface area (TPSA) is 41.5 Å². The lowest BCUT2D eigenvalue weighted by Crippen LogP contribution is -2.26. The Labute approximate surface area is 95.2 Å². The van der Waals surface area contributed by atoms with Gasteiger partial charge in [-0.3, -0.25) is 0 Å². The minimum absolute atomic E-state index is 0.0404.